The number of aryl methyl sites for hydroxylation is 1. The van der Waals surface area contributed by atoms with Crippen LogP contribution in [0, 0.1) is 0 Å². The van der Waals surface area contributed by atoms with E-state index in [1.165, 1.54) is 10.5 Å². The summed E-state index contributed by atoms with van der Waals surface area (Å²) in [5.74, 6) is -0.510. The van der Waals surface area contributed by atoms with Gasteiger partial charge in [-0.1, -0.05) is 43.3 Å². The topological polar surface area (TPSA) is 66.8 Å². The molecule has 1 saturated heterocycles. The lowest BCUT2D eigenvalue weighted by Gasteiger charge is -2.27. The quantitative estimate of drug-likeness (QED) is 0.786. The van der Waals surface area contributed by atoms with E-state index < -0.39 is 17.7 Å². The first-order chi connectivity index (χ1) is 14.2. The van der Waals surface area contributed by atoms with Crippen molar-refractivity contribution in [3.63, 3.8) is 0 Å². The first-order valence-corrected chi connectivity index (χ1v) is 10.5. The van der Waals surface area contributed by atoms with Crippen LogP contribution in [0.4, 0.5) is 0 Å². The van der Waals surface area contributed by atoms with Crippen LogP contribution in [0.3, 0.4) is 0 Å². The van der Waals surface area contributed by atoms with Gasteiger partial charge in [0.15, 0.2) is 5.78 Å². The molecular weight excluding hydrogens is 378 g/mol. The highest BCUT2D eigenvalue weighted by Gasteiger charge is 2.41. The van der Waals surface area contributed by atoms with Gasteiger partial charge >= 0.3 is 0 Å². The summed E-state index contributed by atoms with van der Waals surface area (Å²) in [4.78, 5) is 27.2. The van der Waals surface area contributed by atoms with Crippen molar-refractivity contribution in [3.05, 3.63) is 59.7 Å². The number of ketones is 1. The minimum atomic E-state index is -0.860. The molecule has 30 heavy (non-hydrogen) atoms. The second-order valence-corrected chi connectivity index (χ2v) is 8.79. The maximum Gasteiger partial charge on any atom is 0.254 e. The van der Waals surface area contributed by atoms with Gasteiger partial charge in [0.25, 0.3) is 5.91 Å². The number of likely N-dealkylation sites (tertiary alicyclic amines) is 1. The summed E-state index contributed by atoms with van der Waals surface area (Å²) in [5.41, 5.74) is 3.45. The average molecular weight is 410 g/mol. The van der Waals surface area contributed by atoms with Crippen molar-refractivity contribution in [2.75, 3.05) is 13.2 Å². The molecule has 0 unspecified atom stereocenters. The summed E-state index contributed by atoms with van der Waals surface area (Å²) in [5, 5.41) is 10.3. The number of Topliss-reactive ketones (excluding diaryl/α,β-unsaturated/α-hetero) is 1. The number of carbonyl (C=O) groups is 2. The van der Waals surface area contributed by atoms with Gasteiger partial charge in [0.05, 0.1) is 11.7 Å². The van der Waals surface area contributed by atoms with E-state index in [1.807, 2.05) is 32.9 Å². The minimum Gasteiger partial charge on any atom is -0.390 e. The van der Waals surface area contributed by atoms with Crippen LogP contribution < -0.4 is 0 Å². The third-order valence-electron chi connectivity index (χ3n) is 5.43. The third-order valence-corrected chi connectivity index (χ3v) is 5.43. The Morgan fingerprint density at radius 2 is 1.60 bits per heavy atom. The molecule has 1 aliphatic heterocycles. The van der Waals surface area contributed by atoms with E-state index in [4.69, 9.17) is 4.74 Å². The van der Waals surface area contributed by atoms with Crippen molar-refractivity contribution in [1.29, 1.82) is 0 Å². The molecular formula is C25H31NO4. The average Bonchev–Trinajstić information content (AvgIpc) is 3.12. The molecule has 0 aromatic heterocycles. The van der Waals surface area contributed by atoms with E-state index in [9.17, 15) is 14.7 Å². The second-order valence-electron chi connectivity index (χ2n) is 8.79. The van der Waals surface area contributed by atoms with Gasteiger partial charge in [0, 0.05) is 12.1 Å². The molecule has 1 heterocycles. The van der Waals surface area contributed by atoms with Crippen LogP contribution in [0.15, 0.2) is 48.5 Å². The number of benzene rings is 2. The molecule has 1 aliphatic rings. The van der Waals surface area contributed by atoms with E-state index in [0.717, 1.165) is 17.5 Å². The number of aliphatic hydroxyl groups excluding tert-OH is 1. The number of nitrogens with zero attached hydrogens (tertiary/aromatic N) is 1. The maximum atomic E-state index is 13.1. The van der Waals surface area contributed by atoms with E-state index in [0.29, 0.717) is 18.5 Å². The van der Waals surface area contributed by atoms with Gasteiger partial charge in [-0.25, -0.2) is 0 Å². The molecule has 0 radical (unpaired) electrons. The fraction of sp³-hybridized carbons (Fsp3) is 0.440. The number of aliphatic hydroxyl groups is 1. The summed E-state index contributed by atoms with van der Waals surface area (Å²) < 4.78 is 5.57. The molecule has 1 amide bonds. The van der Waals surface area contributed by atoms with Crippen LogP contribution in [-0.4, -0.2) is 52.6 Å². The SMILES string of the molecule is CCc1ccc(-c2ccc(C(=O)N3CC[C@H](O)[C@H]3C(=O)COC(C)(C)C)cc2)cc1. The van der Waals surface area contributed by atoms with Crippen LogP contribution in [-0.2, 0) is 16.0 Å². The summed E-state index contributed by atoms with van der Waals surface area (Å²) in [6, 6.07) is 14.9. The van der Waals surface area contributed by atoms with Crippen molar-refractivity contribution in [2.24, 2.45) is 0 Å². The Morgan fingerprint density at radius 1 is 1.03 bits per heavy atom. The fourth-order valence-corrected chi connectivity index (χ4v) is 3.67. The smallest absolute Gasteiger partial charge is 0.254 e. The molecule has 5 heteroatoms. The van der Waals surface area contributed by atoms with Gasteiger partial charge < -0.3 is 14.7 Å². The molecule has 2 atom stereocenters. The Kier molecular flexibility index (Phi) is 6.74. The number of rotatable bonds is 6. The van der Waals surface area contributed by atoms with Crippen LogP contribution in [0.1, 0.15) is 50.0 Å². The molecule has 0 spiro atoms. The molecule has 0 bridgehead atoms. The van der Waals surface area contributed by atoms with Gasteiger partial charge in [-0.05, 0) is 62.4 Å². The molecule has 1 fully saturated rings. The number of hydrogen-bond donors (Lipinski definition) is 1. The Morgan fingerprint density at radius 3 is 2.13 bits per heavy atom. The predicted molar refractivity (Wildman–Crippen MR) is 117 cm³/mol. The lowest BCUT2D eigenvalue weighted by atomic mass is 10.0. The van der Waals surface area contributed by atoms with E-state index in [-0.39, 0.29) is 18.3 Å². The summed E-state index contributed by atoms with van der Waals surface area (Å²) in [6.45, 7) is 7.95. The third kappa shape index (κ3) is 5.15. The predicted octanol–water partition coefficient (Wildman–Crippen LogP) is 3.88. The Bertz CT molecular complexity index is 881. The fourth-order valence-electron chi connectivity index (χ4n) is 3.67. The van der Waals surface area contributed by atoms with Crippen LogP contribution in [0.25, 0.3) is 11.1 Å². The lowest BCUT2D eigenvalue weighted by molar-refractivity contribution is -0.134. The van der Waals surface area contributed by atoms with Crippen LogP contribution in [0.5, 0.6) is 0 Å². The zero-order valence-corrected chi connectivity index (χ0v) is 18.2. The number of ether oxygens (including phenoxy) is 1. The highest BCUT2D eigenvalue weighted by molar-refractivity contribution is 5.99. The van der Waals surface area contributed by atoms with Gasteiger partial charge in [-0.3, -0.25) is 9.59 Å². The Labute approximate surface area is 178 Å². The molecule has 5 nitrogen and oxygen atoms in total. The highest BCUT2D eigenvalue weighted by Crippen LogP contribution is 2.25. The summed E-state index contributed by atoms with van der Waals surface area (Å²) >= 11 is 0. The highest BCUT2D eigenvalue weighted by atomic mass is 16.5. The monoisotopic (exact) mass is 409 g/mol. The molecule has 160 valence electrons. The second kappa shape index (κ2) is 9.11. The van der Waals surface area contributed by atoms with Crippen LogP contribution >= 0.6 is 0 Å². The summed E-state index contributed by atoms with van der Waals surface area (Å²) in [7, 11) is 0. The first-order valence-electron chi connectivity index (χ1n) is 10.5. The molecule has 2 aromatic rings. The standard InChI is InChI=1S/C25H31NO4/c1-5-17-6-8-18(9-7-17)19-10-12-20(13-11-19)24(29)26-15-14-21(27)23(26)22(28)16-30-25(2,3)4/h6-13,21,23,27H,5,14-16H2,1-4H3/t21-,23-/m0/s1. The van der Waals surface area contributed by atoms with Crippen molar-refractivity contribution in [3.8, 4) is 11.1 Å². The Hall–Kier alpha value is -2.50. The molecule has 0 saturated carbocycles. The molecule has 3 rings (SSSR count). The lowest BCUT2D eigenvalue weighted by Crippen LogP contribution is -2.47. The van der Waals surface area contributed by atoms with Gasteiger partial charge in [0.1, 0.15) is 12.6 Å². The Balaban J connectivity index is 1.73. The van der Waals surface area contributed by atoms with Gasteiger partial charge in [0.2, 0.25) is 0 Å². The van der Waals surface area contributed by atoms with E-state index >= 15 is 0 Å². The van der Waals surface area contributed by atoms with E-state index in [2.05, 4.69) is 31.2 Å². The normalized spacial score (nSPS) is 19.2. The summed E-state index contributed by atoms with van der Waals surface area (Å²) in [6.07, 6.45) is 0.525. The molecule has 1 N–H and O–H groups in total. The zero-order valence-electron chi connectivity index (χ0n) is 18.2. The molecule has 0 aliphatic carbocycles. The minimum absolute atomic E-state index is 0.123. The molecule has 2 aromatic carbocycles. The van der Waals surface area contributed by atoms with Crippen molar-refractivity contribution in [1.82, 2.24) is 4.90 Å². The zero-order chi connectivity index (χ0) is 21.9. The van der Waals surface area contributed by atoms with Crippen molar-refractivity contribution >= 4 is 11.7 Å². The van der Waals surface area contributed by atoms with Crippen molar-refractivity contribution in [2.45, 2.75) is 58.3 Å². The number of hydrogen-bond acceptors (Lipinski definition) is 4. The number of amides is 1. The van der Waals surface area contributed by atoms with Crippen LogP contribution in [0.2, 0.25) is 0 Å². The van der Waals surface area contributed by atoms with E-state index in [1.54, 1.807) is 12.1 Å². The maximum absolute atomic E-state index is 13.1. The van der Waals surface area contributed by atoms with Crippen molar-refractivity contribution < 1.29 is 19.4 Å². The number of carbonyl (C=O) groups excluding carboxylic acids is 2. The van der Waals surface area contributed by atoms with Gasteiger partial charge in [-0.2, -0.15) is 0 Å². The van der Waals surface area contributed by atoms with Gasteiger partial charge in [-0.15, -0.1) is 0 Å². The largest absolute Gasteiger partial charge is 0.390 e. The first kappa shape index (κ1) is 22.2.